The van der Waals surface area contributed by atoms with E-state index in [0.29, 0.717) is 0 Å². The number of hydrogen-bond donors (Lipinski definition) is 0. The third-order valence-electron chi connectivity index (χ3n) is 9.31. The molecule has 21 heteroatoms. The Balaban J connectivity index is 0.000000411. The van der Waals surface area contributed by atoms with Crippen molar-refractivity contribution in [3.8, 4) is 0 Å². The second-order valence-corrected chi connectivity index (χ2v) is 24.5. The summed E-state index contributed by atoms with van der Waals surface area (Å²) in [6.45, 7) is 50.5. The van der Waals surface area contributed by atoms with Gasteiger partial charge in [0.15, 0.2) is 0 Å². The molecule has 8 rings (SSSR count). The summed E-state index contributed by atoms with van der Waals surface area (Å²) in [5.74, 6) is 0. The molecule has 0 amide bonds. The maximum absolute atomic E-state index is 4.10. The van der Waals surface area contributed by atoms with E-state index in [-0.39, 0.29) is 44.3 Å². The Morgan fingerprint density at radius 3 is 1.01 bits per heavy atom. The fourth-order valence-electron chi connectivity index (χ4n) is 4.80. The summed E-state index contributed by atoms with van der Waals surface area (Å²) >= 11 is 0. The van der Waals surface area contributed by atoms with E-state index in [0.717, 1.165) is 0 Å². The minimum Gasteiger partial charge on any atom is -0.349 e. The van der Waals surface area contributed by atoms with Crippen LogP contribution in [0.15, 0.2) is 118 Å². The lowest BCUT2D eigenvalue weighted by Crippen LogP contribution is -2.24. The van der Waals surface area contributed by atoms with E-state index in [4.69, 9.17) is 0 Å². The van der Waals surface area contributed by atoms with Crippen LogP contribution in [-0.2, 0) is 44.3 Å². The molecule has 0 saturated carbocycles. The van der Waals surface area contributed by atoms with Crippen molar-refractivity contribution in [2.45, 2.75) is 210 Å². The van der Waals surface area contributed by atoms with Crippen LogP contribution in [-0.4, -0.2) is 104 Å². The Morgan fingerprint density at radius 2 is 0.792 bits per heavy atom. The van der Waals surface area contributed by atoms with Gasteiger partial charge < -0.3 is 13.7 Å². The van der Waals surface area contributed by atoms with Crippen molar-refractivity contribution in [1.29, 1.82) is 0 Å². The maximum Gasteiger partial charge on any atom is 0.138 e. The highest BCUT2D eigenvalue weighted by Gasteiger charge is 2.16. The highest BCUT2D eigenvalue weighted by atomic mass is 15.5. The molecule has 21 nitrogen and oxygen atoms in total. The fourth-order valence-corrected chi connectivity index (χ4v) is 4.80. The minimum atomic E-state index is 0.00347. The normalized spacial score (nSPS) is 11.9. The molecule has 72 heavy (non-hydrogen) atoms. The number of hydrogen-bond acceptors (Lipinski definition) is 13. The molecule has 0 spiro atoms. The molecule has 0 aliphatic carbocycles. The number of aromatic nitrogens is 21. The van der Waals surface area contributed by atoms with Crippen LogP contribution in [0.3, 0.4) is 0 Å². The average molecular weight is 998 g/mol. The van der Waals surface area contributed by atoms with Gasteiger partial charge in [-0.2, -0.15) is 25.2 Å². The summed E-state index contributed by atoms with van der Waals surface area (Å²) in [7, 11) is 0. The van der Waals surface area contributed by atoms with Crippen molar-refractivity contribution >= 4 is 0 Å². The van der Waals surface area contributed by atoms with E-state index >= 15 is 0 Å². The van der Waals surface area contributed by atoms with Gasteiger partial charge in [-0.25, -0.2) is 24.0 Å². The van der Waals surface area contributed by atoms with Gasteiger partial charge in [-0.3, -0.25) is 4.68 Å². The van der Waals surface area contributed by atoms with Crippen molar-refractivity contribution in [2.24, 2.45) is 0 Å². The molecule has 0 saturated heterocycles. The Hall–Kier alpha value is -6.67. The van der Waals surface area contributed by atoms with Crippen LogP contribution in [0.1, 0.15) is 166 Å². The van der Waals surface area contributed by atoms with E-state index in [1.54, 1.807) is 72.1 Å². The third-order valence-corrected chi connectivity index (χ3v) is 9.31. The first-order chi connectivity index (χ1) is 32.8. The highest BCUT2D eigenvalue weighted by molar-refractivity contribution is 4.94. The van der Waals surface area contributed by atoms with E-state index in [2.05, 4.69) is 233 Å². The van der Waals surface area contributed by atoms with Gasteiger partial charge in [0.25, 0.3) is 0 Å². The van der Waals surface area contributed by atoms with Gasteiger partial charge >= 0.3 is 0 Å². The predicted molar refractivity (Wildman–Crippen MR) is 287 cm³/mol. The summed E-state index contributed by atoms with van der Waals surface area (Å²) in [4.78, 5) is 9.48. The first-order valence-electron chi connectivity index (χ1n) is 24.1. The first-order valence-corrected chi connectivity index (χ1v) is 24.1. The number of nitrogens with zero attached hydrogens (tertiary/aromatic N) is 21. The van der Waals surface area contributed by atoms with Gasteiger partial charge in [0, 0.05) is 60.0 Å². The largest absolute Gasteiger partial charge is 0.349 e. The Morgan fingerprint density at radius 1 is 0.278 bits per heavy atom. The SMILES string of the molecule is CC(C)(C)n1cccc1.CC(C)(C)n1cccn1.CC(C)(C)n1ccnc1.CC(C)(C)n1ccnn1.CC(C)(C)n1cncn1.CC(C)(C)n1cnnc1.CC(C)(C)n1cnnn1.CC(C)(C)n1nccn1. The van der Waals surface area contributed by atoms with Crippen LogP contribution >= 0.6 is 0 Å². The molecular weight excluding hydrogens is 907 g/mol. The second-order valence-electron chi connectivity index (χ2n) is 24.5. The number of tetrazole rings is 1. The molecule has 8 heterocycles. The number of imidazole rings is 1. The molecule has 0 N–H and O–H groups in total. The summed E-state index contributed by atoms with van der Waals surface area (Å²) in [6.07, 6.45) is 28.8. The van der Waals surface area contributed by atoms with Crippen molar-refractivity contribution in [3.05, 3.63) is 118 Å². The van der Waals surface area contributed by atoms with Crippen molar-refractivity contribution in [3.63, 3.8) is 0 Å². The average Bonchev–Trinajstić information content (AvgIpc) is 4.13. The van der Waals surface area contributed by atoms with Crippen LogP contribution in [0.4, 0.5) is 0 Å². The quantitative estimate of drug-likeness (QED) is 0.139. The zero-order valence-electron chi connectivity index (χ0n) is 48.4. The zero-order valence-corrected chi connectivity index (χ0v) is 48.4. The predicted octanol–water partition coefficient (Wildman–Crippen LogP) is 10.1. The summed E-state index contributed by atoms with van der Waals surface area (Å²) in [5, 5.41) is 41.8. The third kappa shape index (κ3) is 26.0. The molecular formula is C51H91N21. The van der Waals surface area contributed by atoms with Crippen molar-refractivity contribution in [2.75, 3.05) is 0 Å². The lowest BCUT2D eigenvalue weighted by molar-refractivity contribution is 0.312. The molecule has 0 atom stereocenters. The van der Waals surface area contributed by atoms with Gasteiger partial charge in [0.1, 0.15) is 31.6 Å². The number of rotatable bonds is 0. The van der Waals surface area contributed by atoms with E-state index in [1.165, 1.54) is 0 Å². The highest BCUT2D eigenvalue weighted by Crippen LogP contribution is 2.15. The minimum absolute atomic E-state index is 0.00347. The van der Waals surface area contributed by atoms with Crippen LogP contribution < -0.4 is 0 Å². The van der Waals surface area contributed by atoms with Gasteiger partial charge in [-0.15, -0.1) is 20.4 Å². The maximum atomic E-state index is 4.10. The lowest BCUT2D eigenvalue weighted by Gasteiger charge is -2.20. The molecule has 0 aliphatic heterocycles. The van der Waals surface area contributed by atoms with E-state index < -0.39 is 0 Å². The van der Waals surface area contributed by atoms with E-state index in [9.17, 15) is 0 Å². The lowest BCUT2D eigenvalue weighted by atomic mass is 10.1. The van der Waals surface area contributed by atoms with Gasteiger partial charge in [-0.05, 0) is 195 Å². The molecule has 0 bridgehead atoms. The summed E-state index contributed by atoms with van der Waals surface area (Å²) < 4.78 is 13.5. The standard InChI is InChI=1S/C8H13N.2C7H12N2.4C6H11N3.C5H10N4/c1-8(2,3)9-6-4-5-7-9;1-7(2,3)9-5-4-8-6-9;1-7(2,3)9-6-4-5-8-9;1-6(2,3)9-4-7-8-5-9;1-6(2,3)9-5-7-4-8-9;1-6(2,3)9-5-4-7-8-9;1-6(2,3)9-7-4-5-8-9;1-5(2,3)9-4-6-7-8-9/h4-7H,1-3H3;2*4-6H,1-3H3;4*4-5H,1-3H3;4H,1-3H3. The summed E-state index contributed by atoms with van der Waals surface area (Å²) in [6, 6.07) is 6.03. The first kappa shape index (κ1) is 63.3. The molecule has 0 radical (unpaired) electrons. The molecule has 0 unspecified atom stereocenters. The molecule has 0 aromatic carbocycles. The van der Waals surface area contributed by atoms with E-state index in [1.807, 2.05) is 82.5 Å². The topological polar surface area (TPSA) is 207 Å². The Kier molecular flexibility index (Phi) is 24.0. The zero-order chi connectivity index (χ0) is 55.2. The molecule has 0 aliphatic rings. The van der Waals surface area contributed by atoms with Crippen LogP contribution in [0.25, 0.3) is 0 Å². The van der Waals surface area contributed by atoms with Crippen LogP contribution in [0.2, 0.25) is 0 Å². The fraction of sp³-hybridized carbons (Fsp3) is 0.627. The van der Waals surface area contributed by atoms with Crippen LogP contribution in [0.5, 0.6) is 0 Å². The molecule has 0 fully saturated rings. The Labute approximate surface area is 430 Å². The van der Waals surface area contributed by atoms with Gasteiger partial charge in [0.2, 0.25) is 0 Å². The monoisotopic (exact) mass is 998 g/mol. The molecule has 8 aromatic rings. The second kappa shape index (κ2) is 27.2. The Bertz CT molecular complexity index is 1890. The van der Waals surface area contributed by atoms with Crippen molar-refractivity contribution < 1.29 is 0 Å². The van der Waals surface area contributed by atoms with Gasteiger partial charge in [-0.1, -0.05) is 5.21 Å². The van der Waals surface area contributed by atoms with Crippen molar-refractivity contribution in [1.82, 2.24) is 104 Å². The molecule has 400 valence electrons. The smallest absolute Gasteiger partial charge is 0.138 e. The molecule has 8 aromatic heterocycles. The van der Waals surface area contributed by atoms with Crippen LogP contribution in [0, 0.1) is 0 Å². The summed E-state index contributed by atoms with van der Waals surface area (Å²) in [5.41, 5.74) is 0.812. The van der Waals surface area contributed by atoms with Gasteiger partial charge in [0.05, 0.1) is 52.6 Å².